The first-order valence-electron chi connectivity index (χ1n) is 14.4. The number of amides is 1. The van der Waals surface area contributed by atoms with Gasteiger partial charge in [0.15, 0.2) is 0 Å². The van der Waals surface area contributed by atoms with Gasteiger partial charge in [-0.15, -0.1) is 0 Å². The first-order chi connectivity index (χ1) is 19.5. The van der Waals surface area contributed by atoms with Gasteiger partial charge in [-0.1, -0.05) is 12.6 Å². The van der Waals surface area contributed by atoms with Crippen molar-refractivity contribution in [3.63, 3.8) is 0 Å². The van der Waals surface area contributed by atoms with Gasteiger partial charge in [0, 0.05) is 69.0 Å². The van der Waals surface area contributed by atoms with E-state index in [4.69, 9.17) is 9.97 Å². The molecule has 40 heavy (non-hydrogen) atoms. The Kier molecular flexibility index (Phi) is 7.32. The average molecular weight is 545 g/mol. The van der Waals surface area contributed by atoms with Gasteiger partial charge in [-0.05, 0) is 56.5 Å². The molecule has 210 valence electrons. The summed E-state index contributed by atoms with van der Waals surface area (Å²) in [5, 5.41) is 12.8. The molecule has 2 aromatic rings. The molecule has 2 saturated heterocycles. The van der Waals surface area contributed by atoms with E-state index in [2.05, 4.69) is 32.7 Å². The average Bonchev–Trinajstić information content (AvgIpc) is 2.95. The largest absolute Gasteiger partial charge is 0.368 e. The lowest BCUT2D eigenvalue weighted by Crippen LogP contribution is -2.58. The highest BCUT2D eigenvalue weighted by Gasteiger charge is 2.36. The number of anilines is 3. The Morgan fingerprint density at radius 3 is 2.83 bits per heavy atom. The predicted molar refractivity (Wildman–Crippen MR) is 153 cm³/mol. The predicted octanol–water partition coefficient (Wildman–Crippen LogP) is 2.45. The molecule has 0 radical (unpaired) electrons. The van der Waals surface area contributed by atoms with E-state index in [0.717, 1.165) is 74.9 Å². The topological polar surface area (TPSA) is 91.6 Å². The molecule has 2 unspecified atom stereocenters. The highest BCUT2D eigenvalue weighted by atomic mass is 19.1. The van der Waals surface area contributed by atoms with E-state index < -0.39 is 0 Å². The van der Waals surface area contributed by atoms with Crippen LogP contribution in [0.3, 0.4) is 0 Å². The van der Waals surface area contributed by atoms with Crippen molar-refractivity contribution in [3.8, 4) is 6.07 Å². The molecule has 10 heteroatoms. The third kappa shape index (κ3) is 4.87. The van der Waals surface area contributed by atoms with E-state index in [1.807, 2.05) is 13.1 Å². The maximum absolute atomic E-state index is 14.3. The van der Waals surface area contributed by atoms with Crippen LogP contribution >= 0.6 is 0 Å². The minimum atomic E-state index is -0.216. The van der Waals surface area contributed by atoms with Crippen molar-refractivity contribution in [1.29, 1.82) is 5.26 Å². The Bertz CT molecular complexity index is 1340. The summed E-state index contributed by atoms with van der Waals surface area (Å²) < 4.78 is 14.3. The zero-order valence-corrected chi connectivity index (χ0v) is 23.2. The van der Waals surface area contributed by atoms with Gasteiger partial charge in [0.05, 0.1) is 24.2 Å². The van der Waals surface area contributed by atoms with Crippen molar-refractivity contribution in [1.82, 2.24) is 20.2 Å². The monoisotopic (exact) mass is 544 g/mol. The van der Waals surface area contributed by atoms with Crippen LogP contribution in [0.15, 0.2) is 30.9 Å². The van der Waals surface area contributed by atoms with Crippen LogP contribution in [0.25, 0.3) is 0 Å². The van der Waals surface area contributed by atoms with Crippen LogP contribution in [0.5, 0.6) is 0 Å². The number of piperazine rings is 1. The van der Waals surface area contributed by atoms with E-state index in [-0.39, 0.29) is 30.2 Å². The molecular weight excluding hydrogens is 507 g/mol. The number of rotatable bonds is 6. The van der Waals surface area contributed by atoms with Crippen molar-refractivity contribution >= 4 is 23.4 Å². The van der Waals surface area contributed by atoms with Crippen molar-refractivity contribution < 1.29 is 9.18 Å². The van der Waals surface area contributed by atoms with Crippen molar-refractivity contribution in [2.45, 2.75) is 56.7 Å². The Morgan fingerprint density at radius 1 is 1.20 bits per heavy atom. The molecule has 2 fully saturated rings. The number of nitriles is 1. The summed E-state index contributed by atoms with van der Waals surface area (Å²) in [6.07, 6.45) is 6.21. The molecule has 2 atom stereocenters. The van der Waals surface area contributed by atoms with Gasteiger partial charge in [-0.2, -0.15) is 10.2 Å². The molecule has 4 heterocycles. The second-order valence-electron chi connectivity index (χ2n) is 11.3. The molecule has 6 rings (SSSR count). The lowest BCUT2D eigenvalue weighted by atomic mass is 9.88. The number of aryl methyl sites for hydroxylation is 1. The van der Waals surface area contributed by atoms with Gasteiger partial charge in [0.2, 0.25) is 11.9 Å². The van der Waals surface area contributed by atoms with E-state index in [0.29, 0.717) is 25.7 Å². The van der Waals surface area contributed by atoms with E-state index in [1.54, 1.807) is 17.0 Å². The fourth-order valence-electron chi connectivity index (χ4n) is 6.75. The summed E-state index contributed by atoms with van der Waals surface area (Å²) in [6.45, 7) is 8.00. The number of carbonyl (C=O) groups excluding carboxylic acids is 1. The van der Waals surface area contributed by atoms with Crippen LogP contribution in [-0.4, -0.2) is 85.2 Å². The molecule has 1 aromatic carbocycles. The van der Waals surface area contributed by atoms with E-state index >= 15 is 0 Å². The Hall–Kier alpha value is -3.71. The van der Waals surface area contributed by atoms with Gasteiger partial charge >= 0.3 is 0 Å². The first kappa shape index (κ1) is 26.5. The maximum atomic E-state index is 14.3. The highest BCUT2D eigenvalue weighted by Crippen LogP contribution is 2.37. The van der Waals surface area contributed by atoms with Gasteiger partial charge < -0.3 is 24.9 Å². The molecule has 3 aliphatic heterocycles. The molecule has 0 bridgehead atoms. The first-order valence-corrected chi connectivity index (χ1v) is 14.4. The number of fused-ring (bicyclic) bond motifs is 2. The quantitative estimate of drug-likeness (QED) is 0.555. The van der Waals surface area contributed by atoms with Crippen molar-refractivity contribution in [2.75, 3.05) is 61.0 Å². The Morgan fingerprint density at radius 2 is 2.05 bits per heavy atom. The number of carbonyl (C=O) groups is 1. The molecule has 0 spiro atoms. The fraction of sp³-hybridized carbons (Fsp3) is 0.533. The van der Waals surface area contributed by atoms with Crippen LogP contribution in [0.4, 0.5) is 21.8 Å². The smallest absolute Gasteiger partial charge is 0.246 e. The fourth-order valence-corrected chi connectivity index (χ4v) is 6.75. The normalized spacial score (nSPS) is 22.7. The van der Waals surface area contributed by atoms with Crippen LogP contribution in [0.1, 0.15) is 36.1 Å². The molecule has 1 aromatic heterocycles. The molecule has 1 amide bonds. The van der Waals surface area contributed by atoms with Gasteiger partial charge in [-0.25, -0.2) is 9.37 Å². The number of likely N-dealkylation sites (N-methyl/N-ethyl adjacent to an activating group) is 1. The van der Waals surface area contributed by atoms with E-state index in [1.165, 1.54) is 17.2 Å². The number of aromatic nitrogens is 2. The van der Waals surface area contributed by atoms with Gasteiger partial charge in [0.25, 0.3) is 0 Å². The minimum Gasteiger partial charge on any atom is -0.368 e. The standard InChI is InChI=1S/C30H37FN8O/c1-3-28(40)39-14-13-36(19-24(39)10-11-32)29-25-9-8-23(38-12-4-5-20-6-7-21(31)15-27(20)38)16-26(25)34-30(35-29)37-17-22(18-37)33-2/h3,6-7,15,22-24,33H,1,4-5,8-10,12-14,16-19H2,2H3. The van der Waals surface area contributed by atoms with Crippen molar-refractivity contribution in [3.05, 3.63) is 53.5 Å². The Balaban J connectivity index is 1.32. The number of hydrogen-bond acceptors (Lipinski definition) is 8. The number of hydrogen-bond donors (Lipinski definition) is 1. The van der Waals surface area contributed by atoms with Crippen LogP contribution < -0.4 is 20.0 Å². The van der Waals surface area contributed by atoms with E-state index in [9.17, 15) is 14.4 Å². The molecular formula is C30H37FN8O. The zero-order valence-electron chi connectivity index (χ0n) is 23.2. The number of halogens is 1. The minimum absolute atomic E-state index is 0.134. The lowest BCUT2D eigenvalue weighted by molar-refractivity contribution is -0.128. The number of benzene rings is 1. The highest BCUT2D eigenvalue weighted by molar-refractivity contribution is 5.87. The summed E-state index contributed by atoms with van der Waals surface area (Å²) in [5.74, 6) is 1.36. The zero-order chi connectivity index (χ0) is 27.8. The summed E-state index contributed by atoms with van der Waals surface area (Å²) in [5.41, 5.74) is 4.48. The van der Waals surface area contributed by atoms with Crippen molar-refractivity contribution in [2.24, 2.45) is 0 Å². The van der Waals surface area contributed by atoms with Gasteiger partial charge in [-0.3, -0.25) is 4.79 Å². The molecule has 1 N–H and O–H groups in total. The molecule has 1 aliphatic carbocycles. The van der Waals surface area contributed by atoms with Crippen LogP contribution in [-0.2, 0) is 24.1 Å². The molecule has 4 aliphatic rings. The number of nitrogens with zero attached hydrogens (tertiary/aromatic N) is 7. The summed E-state index contributed by atoms with van der Waals surface area (Å²) in [7, 11) is 1.98. The van der Waals surface area contributed by atoms with Gasteiger partial charge in [0.1, 0.15) is 11.6 Å². The third-order valence-corrected chi connectivity index (χ3v) is 9.00. The van der Waals surface area contributed by atoms with Crippen LogP contribution in [0, 0.1) is 17.1 Å². The number of nitrogens with one attached hydrogen (secondary N) is 1. The summed E-state index contributed by atoms with van der Waals surface area (Å²) in [6, 6.07) is 7.91. The Labute approximate surface area is 235 Å². The molecule has 9 nitrogen and oxygen atoms in total. The summed E-state index contributed by atoms with van der Waals surface area (Å²) in [4.78, 5) is 31.3. The summed E-state index contributed by atoms with van der Waals surface area (Å²) >= 11 is 0. The SMILES string of the molecule is C=CC(=O)N1CCN(c2nc(N3CC(NC)C3)nc3c2CCC(N2CCCc4ccc(F)cc42)C3)CC1CC#N. The second kappa shape index (κ2) is 11.0. The lowest BCUT2D eigenvalue weighted by Gasteiger charge is -2.44. The van der Waals surface area contributed by atoms with Crippen LogP contribution in [0.2, 0.25) is 0 Å². The third-order valence-electron chi connectivity index (χ3n) is 9.00. The second-order valence-corrected chi connectivity index (χ2v) is 11.3. The maximum Gasteiger partial charge on any atom is 0.246 e. The molecule has 0 saturated carbocycles.